The maximum atomic E-state index is 10.5. The molecule has 0 fully saturated rings. The molecular formula is C15H16I4N2O2. The van der Waals surface area contributed by atoms with Crippen LogP contribution in [0.4, 0.5) is 0 Å². The van der Waals surface area contributed by atoms with Gasteiger partial charge in [0.1, 0.15) is 5.52 Å². The summed E-state index contributed by atoms with van der Waals surface area (Å²) in [6.07, 6.45) is 7.37. The second-order valence-corrected chi connectivity index (χ2v) is 9.62. The van der Waals surface area contributed by atoms with E-state index in [4.69, 9.17) is 5.11 Å². The molecule has 0 amide bonds. The summed E-state index contributed by atoms with van der Waals surface area (Å²) in [5.74, 6) is -0.691. The van der Waals surface area contributed by atoms with Gasteiger partial charge in [0.25, 0.3) is 0 Å². The number of fused-ring (bicyclic) bond motifs is 1. The van der Waals surface area contributed by atoms with Crippen molar-refractivity contribution in [3.8, 4) is 0 Å². The lowest BCUT2D eigenvalue weighted by Crippen LogP contribution is -2.01. The van der Waals surface area contributed by atoms with Gasteiger partial charge >= 0.3 is 5.97 Å². The van der Waals surface area contributed by atoms with Crippen LogP contribution in [0.15, 0.2) is 6.33 Å². The molecule has 0 aliphatic heterocycles. The van der Waals surface area contributed by atoms with Gasteiger partial charge in [0.2, 0.25) is 0 Å². The molecule has 23 heavy (non-hydrogen) atoms. The van der Waals surface area contributed by atoms with Crippen molar-refractivity contribution >= 4 is 107 Å². The molecule has 4 nitrogen and oxygen atoms in total. The van der Waals surface area contributed by atoms with Gasteiger partial charge < -0.3 is 9.67 Å². The minimum absolute atomic E-state index is 0.292. The highest BCUT2D eigenvalue weighted by Gasteiger charge is 2.17. The predicted octanol–water partition coefficient (Wildman–Crippen LogP) is 5.88. The maximum Gasteiger partial charge on any atom is 0.303 e. The monoisotopic (exact) mass is 764 g/mol. The van der Waals surface area contributed by atoms with Gasteiger partial charge in [-0.2, -0.15) is 0 Å². The molecule has 1 aromatic heterocycles. The number of aromatic nitrogens is 2. The molecule has 0 bridgehead atoms. The first-order valence-electron chi connectivity index (χ1n) is 7.32. The van der Waals surface area contributed by atoms with Gasteiger partial charge in [-0.1, -0.05) is 19.3 Å². The van der Waals surface area contributed by atoms with Crippen molar-refractivity contribution in [3.05, 3.63) is 20.6 Å². The van der Waals surface area contributed by atoms with Gasteiger partial charge in [-0.15, -0.1) is 0 Å². The zero-order valence-corrected chi connectivity index (χ0v) is 20.9. The van der Waals surface area contributed by atoms with Crippen molar-refractivity contribution in [3.63, 3.8) is 0 Å². The van der Waals surface area contributed by atoms with Crippen LogP contribution < -0.4 is 0 Å². The topological polar surface area (TPSA) is 55.1 Å². The van der Waals surface area contributed by atoms with Crippen molar-refractivity contribution in [2.45, 2.75) is 45.1 Å². The van der Waals surface area contributed by atoms with Crippen LogP contribution in [-0.4, -0.2) is 20.6 Å². The molecule has 1 heterocycles. The Hall–Kier alpha value is 1.08. The molecular weight excluding hydrogens is 748 g/mol. The van der Waals surface area contributed by atoms with Crippen LogP contribution >= 0.6 is 90.4 Å². The van der Waals surface area contributed by atoms with Crippen LogP contribution in [0.2, 0.25) is 0 Å². The molecule has 0 spiro atoms. The van der Waals surface area contributed by atoms with Crippen LogP contribution in [0.25, 0.3) is 11.0 Å². The second kappa shape index (κ2) is 9.69. The molecule has 0 saturated carbocycles. The fourth-order valence-corrected chi connectivity index (χ4v) is 6.01. The molecule has 2 rings (SSSR count). The minimum Gasteiger partial charge on any atom is -0.481 e. The van der Waals surface area contributed by atoms with E-state index in [0.29, 0.717) is 6.42 Å². The summed E-state index contributed by atoms with van der Waals surface area (Å²) in [5.41, 5.74) is 2.34. The van der Waals surface area contributed by atoms with Gasteiger partial charge in [-0.25, -0.2) is 4.98 Å². The lowest BCUT2D eigenvalue weighted by atomic mass is 10.1. The first kappa shape index (κ1) is 20.4. The Morgan fingerprint density at radius 3 is 2.26 bits per heavy atom. The van der Waals surface area contributed by atoms with Crippen LogP contribution in [0.1, 0.15) is 38.5 Å². The van der Waals surface area contributed by atoms with Crippen molar-refractivity contribution in [2.75, 3.05) is 0 Å². The number of benzene rings is 1. The van der Waals surface area contributed by atoms with Crippen LogP contribution in [0, 0.1) is 14.3 Å². The van der Waals surface area contributed by atoms with E-state index in [2.05, 4.69) is 99.9 Å². The molecule has 0 unspecified atom stereocenters. The zero-order chi connectivity index (χ0) is 17.0. The van der Waals surface area contributed by atoms with Crippen molar-refractivity contribution in [2.24, 2.45) is 0 Å². The van der Waals surface area contributed by atoms with Gasteiger partial charge in [0.05, 0.1) is 19.0 Å². The highest BCUT2D eigenvalue weighted by atomic mass is 127. The fourth-order valence-electron chi connectivity index (χ4n) is 2.43. The smallest absolute Gasteiger partial charge is 0.303 e. The van der Waals surface area contributed by atoms with E-state index in [1.165, 1.54) is 19.8 Å². The molecule has 8 heteroatoms. The highest BCUT2D eigenvalue weighted by Crippen LogP contribution is 2.34. The number of hydrogen-bond donors (Lipinski definition) is 1. The molecule has 0 atom stereocenters. The van der Waals surface area contributed by atoms with E-state index in [1.54, 1.807) is 0 Å². The third-order valence-corrected chi connectivity index (χ3v) is 11.0. The second-order valence-electron chi connectivity index (χ2n) is 5.30. The third-order valence-electron chi connectivity index (χ3n) is 3.62. The van der Waals surface area contributed by atoms with Gasteiger partial charge in [-0.05, 0) is 103 Å². The average Bonchev–Trinajstić information content (AvgIpc) is 2.93. The summed E-state index contributed by atoms with van der Waals surface area (Å²) in [7, 11) is 0. The maximum absolute atomic E-state index is 10.5. The lowest BCUT2D eigenvalue weighted by molar-refractivity contribution is -0.137. The van der Waals surface area contributed by atoms with Crippen molar-refractivity contribution in [1.29, 1.82) is 0 Å². The first-order valence-corrected chi connectivity index (χ1v) is 11.6. The predicted molar refractivity (Wildman–Crippen MR) is 126 cm³/mol. The SMILES string of the molecule is O=C(O)CCCCCCCn1cnc2c(I)c(I)c(I)c(I)c21. The Kier molecular flexibility index (Phi) is 8.59. The molecule has 2 aromatic rings. The van der Waals surface area contributed by atoms with Crippen LogP contribution in [-0.2, 0) is 11.3 Å². The lowest BCUT2D eigenvalue weighted by Gasteiger charge is -2.09. The fraction of sp³-hybridized carbons (Fsp3) is 0.467. The van der Waals surface area contributed by atoms with E-state index < -0.39 is 5.97 Å². The molecule has 0 saturated heterocycles. The standard InChI is InChI=1S/C15H16I4N2O2/c16-10-11(17)13(19)15-14(12(10)18)20-8-21(15)7-5-3-1-2-4-6-9(22)23/h8H,1-7H2,(H,22,23). The summed E-state index contributed by atoms with van der Waals surface area (Å²) in [4.78, 5) is 15.1. The summed E-state index contributed by atoms with van der Waals surface area (Å²) in [5, 5.41) is 8.62. The number of rotatable bonds is 8. The minimum atomic E-state index is -0.691. The molecule has 0 radical (unpaired) electrons. The average molecular weight is 764 g/mol. The van der Waals surface area contributed by atoms with Gasteiger partial charge in [-0.3, -0.25) is 4.79 Å². The number of halogens is 4. The molecule has 0 aliphatic carbocycles. The first-order chi connectivity index (χ1) is 10.9. The number of aryl methyl sites for hydroxylation is 1. The van der Waals surface area contributed by atoms with E-state index in [9.17, 15) is 4.79 Å². The number of unbranched alkanes of at least 4 members (excludes halogenated alkanes) is 4. The van der Waals surface area contributed by atoms with E-state index in [-0.39, 0.29) is 0 Å². The summed E-state index contributed by atoms with van der Waals surface area (Å²) >= 11 is 9.61. The molecule has 1 N–H and O–H groups in total. The molecule has 1 aromatic carbocycles. The highest BCUT2D eigenvalue weighted by molar-refractivity contribution is 14.1. The summed E-state index contributed by atoms with van der Waals surface area (Å²) < 4.78 is 7.35. The van der Waals surface area contributed by atoms with Gasteiger partial charge in [0, 0.05) is 20.1 Å². The Morgan fingerprint density at radius 1 is 0.957 bits per heavy atom. The van der Waals surface area contributed by atoms with Crippen molar-refractivity contribution in [1.82, 2.24) is 9.55 Å². The Balaban J connectivity index is 1.95. The quantitative estimate of drug-likeness (QED) is 0.158. The van der Waals surface area contributed by atoms with Crippen molar-refractivity contribution < 1.29 is 9.90 Å². The zero-order valence-electron chi connectivity index (χ0n) is 12.3. The Bertz CT molecular complexity index is 715. The Morgan fingerprint density at radius 2 is 1.57 bits per heavy atom. The number of aliphatic carboxylic acids is 1. The summed E-state index contributed by atoms with van der Waals surface area (Å²) in [6, 6.07) is 0. The number of hydrogen-bond acceptors (Lipinski definition) is 2. The number of imidazole rings is 1. The van der Waals surface area contributed by atoms with E-state index >= 15 is 0 Å². The number of carboxylic acid groups (broad SMARTS) is 1. The Labute approximate surface area is 190 Å². The van der Waals surface area contributed by atoms with Gasteiger partial charge in [0.15, 0.2) is 0 Å². The van der Waals surface area contributed by atoms with E-state index in [0.717, 1.165) is 44.2 Å². The molecule has 0 aliphatic rings. The van der Waals surface area contributed by atoms with Crippen LogP contribution in [0.3, 0.4) is 0 Å². The number of nitrogens with zero attached hydrogens (tertiary/aromatic N) is 2. The number of carbonyl (C=O) groups is 1. The van der Waals surface area contributed by atoms with Crippen LogP contribution in [0.5, 0.6) is 0 Å². The number of carboxylic acids is 1. The third kappa shape index (κ3) is 5.28. The normalized spacial score (nSPS) is 11.3. The largest absolute Gasteiger partial charge is 0.481 e. The summed E-state index contributed by atoms with van der Waals surface area (Å²) in [6.45, 7) is 0.970. The molecule has 126 valence electrons. The van der Waals surface area contributed by atoms with E-state index in [1.807, 2.05) is 6.33 Å².